The first-order chi connectivity index (χ1) is 10.0. The highest BCUT2D eigenvalue weighted by molar-refractivity contribution is 5.95. The minimum atomic E-state index is -0.240. The van der Waals surface area contributed by atoms with Gasteiger partial charge in [-0.2, -0.15) is 5.10 Å². The van der Waals surface area contributed by atoms with Gasteiger partial charge in [-0.1, -0.05) is 0 Å². The van der Waals surface area contributed by atoms with Crippen molar-refractivity contribution in [2.24, 2.45) is 7.05 Å². The third-order valence-electron chi connectivity index (χ3n) is 3.12. The van der Waals surface area contributed by atoms with Crippen LogP contribution in [0.4, 0.5) is 5.82 Å². The normalized spacial score (nSPS) is 10.2. The third-order valence-corrected chi connectivity index (χ3v) is 3.12. The number of nitrogens with one attached hydrogen (secondary N) is 1. The van der Waals surface area contributed by atoms with Crippen molar-refractivity contribution in [3.05, 3.63) is 35.5 Å². The van der Waals surface area contributed by atoms with Gasteiger partial charge in [-0.15, -0.1) is 0 Å². The van der Waals surface area contributed by atoms with Crippen LogP contribution in [0.1, 0.15) is 15.9 Å². The first-order valence-electron chi connectivity index (χ1n) is 6.32. The highest BCUT2D eigenvalue weighted by atomic mass is 16.5. The molecule has 0 saturated heterocycles. The lowest BCUT2D eigenvalue weighted by Gasteiger charge is -2.09. The fourth-order valence-corrected chi connectivity index (χ4v) is 1.84. The number of hydrogen-bond donors (Lipinski definition) is 2. The van der Waals surface area contributed by atoms with Crippen molar-refractivity contribution in [1.82, 2.24) is 15.1 Å². The average Bonchev–Trinajstić information content (AvgIpc) is 2.83. The summed E-state index contributed by atoms with van der Waals surface area (Å²) in [4.78, 5) is 12.2. The average molecular weight is 290 g/mol. The van der Waals surface area contributed by atoms with E-state index in [1.807, 2.05) is 0 Å². The predicted molar refractivity (Wildman–Crippen MR) is 78.3 cm³/mol. The lowest BCUT2D eigenvalue weighted by atomic mass is 10.2. The molecule has 1 amide bonds. The van der Waals surface area contributed by atoms with Crippen LogP contribution in [-0.4, -0.2) is 29.9 Å². The minimum Gasteiger partial charge on any atom is -0.497 e. The molecule has 0 radical (unpaired) electrons. The summed E-state index contributed by atoms with van der Waals surface area (Å²) in [7, 11) is 4.81. The molecule has 3 N–H and O–H groups in total. The van der Waals surface area contributed by atoms with Gasteiger partial charge in [0.2, 0.25) is 0 Å². The van der Waals surface area contributed by atoms with Crippen LogP contribution in [0.2, 0.25) is 0 Å². The maximum absolute atomic E-state index is 12.2. The van der Waals surface area contributed by atoms with E-state index in [2.05, 4.69) is 10.4 Å². The van der Waals surface area contributed by atoms with Gasteiger partial charge in [-0.3, -0.25) is 9.48 Å². The second-order valence-electron chi connectivity index (χ2n) is 4.46. The number of anilines is 1. The number of aromatic nitrogens is 2. The van der Waals surface area contributed by atoms with Gasteiger partial charge in [-0.25, -0.2) is 0 Å². The number of benzene rings is 1. The summed E-state index contributed by atoms with van der Waals surface area (Å²) in [6.07, 6.45) is 1.63. The van der Waals surface area contributed by atoms with E-state index in [9.17, 15) is 4.79 Å². The molecule has 0 aliphatic heterocycles. The molecule has 0 fully saturated rings. The van der Waals surface area contributed by atoms with Crippen LogP contribution in [0.5, 0.6) is 11.5 Å². The van der Waals surface area contributed by atoms with Gasteiger partial charge in [0.05, 0.1) is 20.4 Å². The number of rotatable bonds is 5. The van der Waals surface area contributed by atoms with E-state index in [1.54, 1.807) is 36.1 Å². The van der Waals surface area contributed by atoms with E-state index in [1.165, 1.54) is 14.2 Å². The molecule has 1 heterocycles. The summed E-state index contributed by atoms with van der Waals surface area (Å²) in [5.41, 5.74) is 7.04. The number of amides is 1. The number of nitrogens with zero attached hydrogens (tertiary/aromatic N) is 2. The van der Waals surface area contributed by atoms with E-state index >= 15 is 0 Å². The van der Waals surface area contributed by atoms with E-state index in [0.29, 0.717) is 29.4 Å². The highest BCUT2D eigenvalue weighted by Crippen LogP contribution is 2.22. The monoisotopic (exact) mass is 290 g/mol. The first-order valence-corrected chi connectivity index (χ1v) is 6.32. The van der Waals surface area contributed by atoms with Gasteiger partial charge in [0.25, 0.3) is 5.91 Å². The molecule has 1 aromatic heterocycles. The Morgan fingerprint density at radius 2 is 1.90 bits per heavy atom. The van der Waals surface area contributed by atoms with Gasteiger partial charge >= 0.3 is 0 Å². The SMILES string of the molecule is COc1cc(OC)cc(C(=O)NCc2cnn(C)c2N)c1. The van der Waals surface area contributed by atoms with Crippen LogP contribution < -0.4 is 20.5 Å². The summed E-state index contributed by atoms with van der Waals surface area (Å²) < 4.78 is 11.8. The molecule has 0 spiro atoms. The number of nitrogen functional groups attached to an aromatic ring is 1. The number of carbonyl (C=O) groups is 1. The molecule has 7 heteroatoms. The molecule has 0 unspecified atom stereocenters. The van der Waals surface area contributed by atoms with E-state index in [-0.39, 0.29) is 5.91 Å². The largest absolute Gasteiger partial charge is 0.497 e. The van der Waals surface area contributed by atoms with Crippen LogP contribution in [0, 0.1) is 0 Å². The van der Waals surface area contributed by atoms with Crippen molar-refractivity contribution in [2.45, 2.75) is 6.54 Å². The number of nitrogens with two attached hydrogens (primary N) is 1. The quantitative estimate of drug-likeness (QED) is 0.855. The topological polar surface area (TPSA) is 91.4 Å². The number of hydrogen-bond acceptors (Lipinski definition) is 5. The van der Waals surface area contributed by atoms with Crippen molar-refractivity contribution in [3.8, 4) is 11.5 Å². The Bertz CT molecular complexity index is 629. The zero-order chi connectivity index (χ0) is 15.4. The van der Waals surface area contributed by atoms with Crippen molar-refractivity contribution >= 4 is 11.7 Å². The third kappa shape index (κ3) is 3.25. The van der Waals surface area contributed by atoms with Crippen molar-refractivity contribution in [3.63, 3.8) is 0 Å². The fraction of sp³-hybridized carbons (Fsp3) is 0.286. The van der Waals surface area contributed by atoms with Gasteiger partial charge in [0.15, 0.2) is 0 Å². The summed E-state index contributed by atoms with van der Waals surface area (Å²) in [6.45, 7) is 0.304. The van der Waals surface area contributed by atoms with Crippen molar-refractivity contribution in [1.29, 1.82) is 0 Å². The Kier molecular flexibility index (Phi) is 4.32. The molecule has 7 nitrogen and oxygen atoms in total. The van der Waals surface area contributed by atoms with E-state index < -0.39 is 0 Å². The zero-order valence-corrected chi connectivity index (χ0v) is 12.2. The number of carbonyl (C=O) groups excluding carboxylic acids is 1. The van der Waals surface area contributed by atoms with Crippen LogP contribution in [0.15, 0.2) is 24.4 Å². The Balaban J connectivity index is 2.11. The second kappa shape index (κ2) is 6.17. The molecule has 0 bridgehead atoms. The number of methoxy groups -OCH3 is 2. The Hall–Kier alpha value is -2.70. The number of ether oxygens (including phenoxy) is 2. The summed E-state index contributed by atoms with van der Waals surface area (Å²) in [5.74, 6) is 1.40. The molecule has 0 saturated carbocycles. The molecule has 0 atom stereocenters. The first kappa shape index (κ1) is 14.7. The van der Waals surface area contributed by atoms with Crippen LogP contribution in [0.25, 0.3) is 0 Å². The van der Waals surface area contributed by atoms with Crippen LogP contribution in [0.3, 0.4) is 0 Å². The fourth-order valence-electron chi connectivity index (χ4n) is 1.84. The molecule has 2 rings (SSSR count). The van der Waals surface area contributed by atoms with Gasteiger partial charge in [0, 0.05) is 30.8 Å². The molecule has 2 aromatic rings. The summed E-state index contributed by atoms with van der Waals surface area (Å²) in [5, 5.41) is 6.81. The molecular weight excluding hydrogens is 272 g/mol. The lowest BCUT2D eigenvalue weighted by molar-refractivity contribution is 0.0950. The summed E-state index contributed by atoms with van der Waals surface area (Å²) in [6, 6.07) is 4.99. The summed E-state index contributed by atoms with van der Waals surface area (Å²) >= 11 is 0. The molecule has 1 aromatic carbocycles. The van der Waals surface area contributed by atoms with Crippen molar-refractivity contribution in [2.75, 3.05) is 20.0 Å². The van der Waals surface area contributed by atoms with Crippen molar-refractivity contribution < 1.29 is 14.3 Å². The number of aryl methyl sites for hydroxylation is 1. The van der Waals surface area contributed by atoms with E-state index in [0.717, 1.165) is 5.56 Å². The maximum atomic E-state index is 12.2. The molecular formula is C14H18N4O3. The lowest BCUT2D eigenvalue weighted by Crippen LogP contribution is -2.23. The highest BCUT2D eigenvalue weighted by Gasteiger charge is 2.11. The predicted octanol–water partition coefficient (Wildman–Crippen LogP) is 0.949. The van der Waals surface area contributed by atoms with E-state index in [4.69, 9.17) is 15.2 Å². The van der Waals surface area contributed by atoms with Gasteiger partial charge in [0.1, 0.15) is 17.3 Å². The van der Waals surface area contributed by atoms with Crippen LogP contribution >= 0.6 is 0 Å². The minimum absolute atomic E-state index is 0.240. The van der Waals surface area contributed by atoms with Crippen LogP contribution in [-0.2, 0) is 13.6 Å². The smallest absolute Gasteiger partial charge is 0.251 e. The Labute approximate surface area is 122 Å². The molecule has 112 valence electrons. The molecule has 0 aliphatic rings. The standard InChI is InChI=1S/C14H18N4O3/c1-18-13(15)10(8-17-18)7-16-14(19)9-4-11(20-2)6-12(5-9)21-3/h4-6,8H,7,15H2,1-3H3,(H,16,19). The maximum Gasteiger partial charge on any atom is 0.251 e. The molecule has 21 heavy (non-hydrogen) atoms. The van der Waals surface area contributed by atoms with Gasteiger partial charge < -0.3 is 20.5 Å². The Morgan fingerprint density at radius 3 is 2.38 bits per heavy atom. The Morgan fingerprint density at radius 1 is 1.29 bits per heavy atom. The molecule has 0 aliphatic carbocycles. The zero-order valence-electron chi connectivity index (χ0n) is 12.2. The second-order valence-corrected chi connectivity index (χ2v) is 4.46. The van der Waals surface area contributed by atoms with Gasteiger partial charge in [-0.05, 0) is 12.1 Å².